The second kappa shape index (κ2) is 6.28. The molecule has 0 bridgehead atoms. The second-order valence-corrected chi connectivity index (χ2v) is 8.70. The Labute approximate surface area is 145 Å². The van der Waals surface area contributed by atoms with Gasteiger partial charge in [-0.1, -0.05) is 0 Å². The molecule has 25 heavy (non-hydrogen) atoms. The smallest absolute Gasteiger partial charge is 0.262 e. The molecule has 9 heteroatoms. The predicted molar refractivity (Wildman–Crippen MR) is 86.5 cm³/mol. The van der Waals surface area contributed by atoms with Crippen LogP contribution >= 0.6 is 0 Å². The summed E-state index contributed by atoms with van der Waals surface area (Å²) in [7, 11) is -4.14. The van der Waals surface area contributed by atoms with Gasteiger partial charge in [0.25, 0.3) is 5.92 Å². The van der Waals surface area contributed by atoms with E-state index in [9.17, 15) is 22.0 Å². The number of halogens is 2. The lowest BCUT2D eigenvalue weighted by molar-refractivity contribution is -0.163. The zero-order chi connectivity index (χ0) is 18.3. The largest absolute Gasteiger partial charge is 0.342 e. The molecule has 1 amide bonds. The van der Waals surface area contributed by atoms with Gasteiger partial charge >= 0.3 is 0 Å². The number of rotatable bonds is 3. The average molecular weight is 373 g/mol. The lowest BCUT2D eigenvalue weighted by Gasteiger charge is -2.48. The molecule has 0 aromatic carbocycles. The van der Waals surface area contributed by atoms with Gasteiger partial charge in [-0.3, -0.25) is 9.78 Å². The van der Waals surface area contributed by atoms with Gasteiger partial charge in [0.1, 0.15) is 4.90 Å². The Hall–Kier alpha value is -1.61. The topological polar surface area (TPSA) is 70.6 Å². The van der Waals surface area contributed by atoms with Crippen LogP contribution in [0.2, 0.25) is 0 Å². The van der Waals surface area contributed by atoms with E-state index in [0.29, 0.717) is 19.5 Å². The number of aromatic nitrogens is 1. The molecule has 138 valence electrons. The van der Waals surface area contributed by atoms with Crippen molar-refractivity contribution in [2.75, 3.05) is 26.2 Å². The third-order valence-corrected chi connectivity index (χ3v) is 6.74. The molecule has 3 rings (SSSR count). The number of sulfonamides is 1. The average Bonchev–Trinajstić information content (AvgIpc) is 2.57. The Morgan fingerprint density at radius 3 is 2.72 bits per heavy atom. The van der Waals surface area contributed by atoms with Crippen LogP contribution in [0, 0.1) is 5.41 Å². The maximum atomic E-state index is 14.4. The molecule has 1 spiro atoms. The van der Waals surface area contributed by atoms with Crippen molar-refractivity contribution in [1.29, 1.82) is 0 Å². The number of alkyl halides is 2. The quantitative estimate of drug-likeness (QED) is 0.809. The van der Waals surface area contributed by atoms with Crippen molar-refractivity contribution < 1.29 is 22.0 Å². The molecule has 2 aliphatic rings. The molecule has 0 radical (unpaired) electrons. The molecule has 6 nitrogen and oxygen atoms in total. The summed E-state index contributed by atoms with van der Waals surface area (Å²) in [5, 5.41) is 0. The number of likely N-dealkylation sites (tertiary alicyclic amines) is 1. The van der Waals surface area contributed by atoms with Crippen LogP contribution in [0.4, 0.5) is 8.78 Å². The van der Waals surface area contributed by atoms with Crippen molar-refractivity contribution in [1.82, 2.24) is 14.2 Å². The van der Waals surface area contributed by atoms with Crippen LogP contribution < -0.4 is 0 Å². The van der Waals surface area contributed by atoms with Gasteiger partial charge in [0.2, 0.25) is 15.9 Å². The van der Waals surface area contributed by atoms with Crippen molar-refractivity contribution in [3.63, 3.8) is 0 Å². The Bertz CT molecular complexity index is 757. The first-order valence-electron chi connectivity index (χ1n) is 8.28. The summed E-state index contributed by atoms with van der Waals surface area (Å²) in [6.45, 7) is 1.63. The van der Waals surface area contributed by atoms with Crippen molar-refractivity contribution in [3.8, 4) is 0 Å². The van der Waals surface area contributed by atoms with E-state index in [2.05, 4.69) is 4.98 Å². The van der Waals surface area contributed by atoms with Gasteiger partial charge in [-0.15, -0.1) is 0 Å². The molecule has 3 heterocycles. The van der Waals surface area contributed by atoms with Crippen molar-refractivity contribution >= 4 is 15.9 Å². The summed E-state index contributed by atoms with van der Waals surface area (Å²) in [4.78, 5) is 17.9. The van der Waals surface area contributed by atoms with Crippen molar-refractivity contribution in [2.45, 2.75) is 37.0 Å². The minimum Gasteiger partial charge on any atom is -0.342 e. The number of nitrogens with zero attached hydrogens (tertiary/aromatic N) is 3. The molecule has 1 aromatic heterocycles. The molecule has 2 aliphatic heterocycles. The van der Waals surface area contributed by atoms with Gasteiger partial charge < -0.3 is 4.90 Å². The molecule has 0 aliphatic carbocycles. The molecular weight excluding hydrogens is 352 g/mol. The molecule has 0 saturated carbocycles. The SMILES string of the molecule is CCN1CCC[C@@]2(CN(S(=O)(=O)c3cccnc3)CC(F)(F)C2)C1=O. The van der Waals surface area contributed by atoms with E-state index in [1.54, 1.807) is 11.8 Å². The monoisotopic (exact) mass is 373 g/mol. The molecule has 0 unspecified atom stereocenters. The number of hydrogen-bond donors (Lipinski definition) is 0. The zero-order valence-electron chi connectivity index (χ0n) is 14.0. The van der Waals surface area contributed by atoms with Crippen LogP contribution in [0.3, 0.4) is 0 Å². The van der Waals surface area contributed by atoms with E-state index in [1.165, 1.54) is 18.3 Å². The molecule has 1 atom stereocenters. The number of amides is 1. The van der Waals surface area contributed by atoms with E-state index in [0.717, 1.165) is 10.5 Å². The minimum atomic E-state index is -4.14. The summed E-state index contributed by atoms with van der Waals surface area (Å²) < 4.78 is 55.2. The highest BCUT2D eigenvalue weighted by Gasteiger charge is 2.57. The van der Waals surface area contributed by atoms with Crippen LogP contribution in [0.1, 0.15) is 26.2 Å². The zero-order valence-corrected chi connectivity index (χ0v) is 14.8. The standard InChI is InChI=1S/C16H21F2N3O3S/c1-2-20-8-4-6-15(14(20)22)10-16(17,18)12-21(11-15)25(23,24)13-5-3-7-19-9-13/h3,5,7,9H,2,4,6,8,10-12H2,1H3/t15-/m1/s1. The third kappa shape index (κ3) is 3.27. The van der Waals surface area contributed by atoms with E-state index in [1.807, 2.05) is 0 Å². The second-order valence-electron chi connectivity index (χ2n) is 6.76. The molecule has 1 aromatic rings. The maximum absolute atomic E-state index is 14.4. The molecule has 0 N–H and O–H groups in total. The first-order chi connectivity index (χ1) is 11.7. The van der Waals surface area contributed by atoms with Crippen LogP contribution in [0.25, 0.3) is 0 Å². The van der Waals surface area contributed by atoms with E-state index in [-0.39, 0.29) is 23.8 Å². The first-order valence-corrected chi connectivity index (χ1v) is 9.72. The van der Waals surface area contributed by atoms with Crippen LogP contribution in [0.15, 0.2) is 29.4 Å². The predicted octanol–water partition coefficient (Wildman–Crippen LogP) is 1.74. The number of carbonyl (C=O) groups is 1. The maximum Gasteiger partial charge on any atom is 0.262 e. The molecular formula is C16H21F2N3O3S. The Balaban J connectivity index is 1.98. The lowest BCUT2D eigenvalue weighted by atomic mass is 9.72. The van der Waals surface area contributed by atoms with Crippen LogP contribution in [0.5, 0.6) is 0 Å². The van der Waals surface area contributed by atoms with Crippen molar-refractivity contribution in [3.05, 3.63) is 24.5 Å². The summed E-state index contributed by atoms with van der Waals surface area (Å²) >= 11 is 0. The summed E-state index contributed by atoms with van der Waals surface area (Å²) in [5.74, 6) is -3.62. The fourth-order valence-corrected chi connectivity index (χ4v) is 5.36. The molecule has 2 saturated heterocycles. The highest BCUT2D eigenvalue weighted by Crippen LogP contribution is 2.46. The summed E-state index contributed by atoms with van der Waals surface area (Å²) in [6.07, 6.45) is 2.81. The Morgan fingerprint density at radius 2 is 2.08 bits per heavy atom. The lowest BCUT2D eigenvalue weighted by Crippen LogP contribution is -2.61. The number of hydrogen-bond acceptors (Lipinski definition) is 4. The summed E-state index contributed by atoms with van der Waals surface area (Å²) in [6, 6.07) is 2.76. The van der Waals surface area contributed by atoms with Gasteiger partial charge in [0, 0.05) is 38.4 Å². The normalized spacial score (nSPS) is 27.6. The molecule has 2 fully saturated rings. The fraction of sp³-hybridized carbons (Fsp3) is 0.625. The Kier molecular flexibility index (Phi) is 4.57. The highest BCUT2D eigenvalue weighted by atomic mass is 32.2. The Morgan fingerprint density at radius 1 is 1.32 bits per heavy atom. The van der Waals surface area contributed by atoms with E-state index >= 15 is 0 Å². The van der Waals surface area contributed by atoms with Crippen LogP contribution in [-0.4, -0.2) is 60.6 Å². The van der Waals surface area contributed by atoms with Gasteiger partial charge in [-0.25, -0.2) is 17.2 Å². The third-order valence-electron chi connectivity index (χ3n) is 4.96. The summed E-state index contributed by atoms with van der Waals surface area (Å²) in [5.41, 5.74) is -1.36. The van der Waals surface area contributed by atoms with Gasteiger partial charge in [-0.2, -0.15) is 4.31 Å². The highest BCUT2D eigenvalue weighted by molar-refractivity contribution is 7.89. The first kappa shape index (κ1) is 18.2. The van der Waals surface area contributed by atoms with Gasteiger partial charge in [0.05, 0.1) is 12.0 Å². The number of pyridine rings is 1. The number of carbonyl (C=O) groups excluding carboxylic acids is 1. The van der Waals surface area contributed by atoms with Gasteiger partial charge in [-0.05, 0) is 31.9 Å². The van der Waals surface area contributed by atoms with Crippen molar-refractivity contribution in [2.24, 2.45) is 5.41 Å². The van der Waals surface area contributed by atoms with E-state index < -0.39 is 34.3 Å². The minimum absolute atomic E-state index is 0.140. The number of piperidine rings is 2. The van der Waals surface area contributed by atoms with Crippen LogP contribution in [-0.2, 0) is 14.8 Å². The fourth-order valence-electron chi connectivity index (χ4n) is 3.84. The van der Waals surface area contributed by atoms with E-state index in [4.69, 9.17) is 0 Å². The van der Waals surface area contributed by atoms with Gasteiger partial charge in [0.15, 0.2) is 0 Å².